The van der Waals surface area contributed by atoms with Crippen LogP contribution in [0.4, 0.5) is 0 Å². The summed E-state index contributed by atoms with van der Waals surface area (Å²) in [4.78, 5) is 6.19. The smallest absolute Gasteiger partial charge is 0.231 e. The SMILES string of the molecule is Cc1ccc(C#N)c(OCCN(C)C)n1. The van der Waals surface area contributed by atoms with E-state index in [1.54, 1.807) is 12.1 Å². The molecule has 0 amide bonds. The first-order valence-corrected chi connectivity index (χ1v) is 4.78. The maximum absolute atomic E-state index is 8.84. The third kappa shape index (κ3) is 3.56. The Kier molecular flexibility index (Phi) is 4.07. The maximum Gasteiger partial charge on any atom is 0.231 e. The van der Waals surface area contributed by atoms with Crippen molar-refractivity contribution >= 4 is 0 Å². The van der Waals surface area contributed by atoms with Gasteiger partial charge < -0.3 is 9.64 Å². The van der Waals surface area contributed by atoms with Gasteiger partial charge in [0, 0.05) is 12.2 Å². The van der Waals surface area contributed by atoms with E-state index < -0.39 is 0 Å². The lowest BCUT2D eigenvalue weighted by Gasteiger charge is -2.11. The van der Waals surface area contributed by atoms with Gasteiger partial charge in [0.05, 0.1) is 0 Å². The van der Waals surface area contributed by atoms with E-state index in [0.717, 1.165) is 12.2 Å². The van der Waals surface area contributed by atoms with Crippen LogP contribution in [0.2, 0.25) is 0 Å². The van der Waals surface area contributed by atoms with Gasteiger partial charge >= 0.3 is 0 Å². The second-order valence-electron chi connectivity index (χ2n) is 3.57. The summed E-state index contributed by atoms with van der Waals surface area (Å²) in [5.41, 5.74) is 1.34. The van der Waals surface area contributed by atoms with Gasteiger partial charge in [-0.15, -0.1) is 0 Å². The summed E-state index contributed by atoms with van der Waals surface area (Å²) < 4.78 is 5.44. The fourth-order valence-corrected chi connectivity index (χ4v) is 1.05. The molecule has 0 aliphatic rings. The summed E-state index contributed by atoms with van der Waals surface area (Å²) in [6, 6.07) is 5.59. The van der Waals surface area contributed by atoms with Crippen LogP contribution in [0.5, 0.6) is 5.88 Å². The van der Waals surface area contributed by atoms with Crippen LogP contribution in [0.3, 0.4) is 0 Å². The van der Waals surface area contributed by atoms with Crippen LogP contribution in [0.25, 0.3) is 0 Å². The fraction of sp³-hybridized carbons (Fsp3) is 0.455. The molecule has 0 unspecified atom stereocenters. The quantitative estimate of drug-likeness (QED) is 0.741. The van der Waals surface area contributed by atoms with Gasteiger partial charge in [-0.3, -0.25) is 0 Å². The molecule has 0 bridgehead atoms. The highest BCUT2D eigenvalue weighted by Gasteiger charge is 2.04. The van der Waals surface area contributed by atoms with Crippen LogP contribution in [-0.4, -0.2) is 37.1 Å². The summed E-state index contributed by atoms with van der Waals surface area (Å²) in [5.74, 6) is 0.430. The zero-order chi connectivity index (χ0) is 11.3. The molecule has 15 heavy (non-hydrogen) atoms. The van der Waals surface area contributed by atoms with Crippen LogP contribution in [0.1, 0.15) is 11.3 Å². The van der Waals surface area contributed by atoms with E-state index in [2.05, 4.69) is 11.1 Å². The topological polar surface area (TPSA) is 49.1 Å². The van der Waals surface area contributed by atoms with E-state index in [9.17, 15) is 0 Å². The number of likely N-dealkylation sites (N-methyl/N-ethyl adjacent to an activating group) is 1. The Morgan fingerprint density at radius 2 is 2.20 bits per heavy atom. The molecule has 0 aromatic carbocycles. The van der Waals surface area contributed by atoms with Crippen LogP contribution in [0.15, 0.2) is 12.1 Å². The van der Waals surface area contributed by atoms with Crippen LogP contribution in [0, 0.1) is 18.3 Å². The van der Waals surface area contributed by atoms with Gasteiger partial charge in [0.1, 0.15) is 18.2 Å². The normalized spacial score (nSPS) is 10.1. The van der Waals surface area contributed by atoms with Gasteiger partial charge in [0.2, 0.25) is 5.88 Å². The minimum absolute atomic E-state index is 0.430. The van der Waals surface area contributed by atoms with Crippen molar-refractivity contribution in [3.05, 3.63) is 23.4 Å². The molecule has 0 saturated carbocycles. The van der Waals surface area contributed by atoms with Gasteiger partial charge in [-0.2, -0.15) is 5.26 Å². The average molecular weight is 205 g/mol. The number of hydrogen-bond acceptors (Lipinski definition) is 4. The molecule has 0 N–H and O–H groups in total. The Hall–Kier alpha value is -1.60. The fourth-order valence-electron chi connectivity index (χ4n) is 1.05. The monoisotopic (exact) mass is 205 g/mol. The summed E-state index contributed by atoms with van der Waals surface area (Å²) in [6.07, 6.45) is 0. The van der Waals surface area contributed by atoms with E-state index in [1.165, 1.54) is 0 Å². The molecule has 4 heteroatoms. The van der Waals surface area contributed by atoms with Crippen molar-refractivity contribution in [2.24, 2.45) is 0 Å². The molecule has 0 atom stereocenters. The highest BCUT2D eigenvalue weighted by Crippen LogP contribution is 2.14. The first-order chi connectivity index (χ1) is 7.13. The van der Waals surface area contributed by atoms with Crippen molar-refractivity contribution in [3.63, 3.8) is 0 Å². The predicted molar refractivity (Wildman–Crippen MR) is 57.7 cm³/mol. The highest BCUT2D eigenvalue weighted by molar-refractivity contribution is 5.38. The number of aryl methyl sites for hydroxylation is 1. The Bertz CT molecular complexity index is 369. The minimum atomic E-state index is 0.430. The Balaban J connectivity index is 2.67. The second kappa shape index (κ2) is 5.32. The molecule has 1 aromatic heterocycles. The van der Waals surface area contributed by atoms with Crippen molar-refractivity contribution in [2.45, 2.75) is 6.92 Å². The third-order valence-corrected chi connectivity index (χ3v) is 1.90. The average Bonchev–Trinajstić information content (AvgIpc) is 2.17. The van der Waals surface area contributed by atoms with Crippen molar-refractivity contribution in [1.29, 1.82) is 5.26 Å². The summed E-state index contributed by atoms with van der Waals surface area (Å²) in [6.45, 7) is 3.22. The van der Waals surface area contributed by atoms with Crippen LogP contribution in [-0.2, 0) is 0 Å². The van der Waals surface area contributed by atoms with E-state index in [1.807, 2.05) is 25.9 Å². The Morgan fingerprint density at radius 1 is 1.47 bits per heavy atom. The number of pyridine rings is 1. The van der Waals surface area contributed by atoms with Crippen molar-refractivity contribution in [2.75, 3.05) is 27.2 Å². The van der Waals surface area contributed by atoms with E-state index in [-0.39, 0.29) is 0 Å². The zero-order valence-electron chi connectivity index (χ0n) is 9.32. The molecule has 0 aliphatic carbocycles. The molecule has 4 nitrogen and oxygen atoms in total. The number of hydrogen-bond donors (Lipinski definition) is 0. The van der Waals surface area contributed by atoms with Crippen molar-refractivity contribution in [1.82, 2.24) is 9.88 Å². The number of nitrogens with zero attached hydrogens (tertiary/aromatic N) is 3. The van der Waals surface area contributed by atoms with Gasteiger partial charge in [-0.1, -0.05) is 0 Å². The molecule has 0 spiro atoms. The third-order valence-electron chi connectivity index (χ3n) is 1.90. The molecule has 0 radical (unpaired) electrons. The molecule has 0 fully saturated rings. The molecule has 80 valence electrons. The lowest BCUT2D eigenvalue weighted by Crippen LogP contribution is -2.20. The standard InChI is InChI=1S/C11H15N3O/c1-9-4-5-10(8-12)11(13-9)15-7-6-14(2)3/h4-5H,6-7H2,1-3H3. The number of aromatic nitrogens is 1. The number of nitriles is 1. The largest absolute Gasteiger partial charge is 0.475 e. The van der Waals surface area contributed by atoms with Crippen LogP contribution < -0.4 is 4.74 Å². The minimum Gasteiger partial charge on any atom is -0.475 e. The first kappa shape index (κ1) is 11.5. The lowest BCUT2D eigenvalue weighted by atomic mass is 10.2. The Morgan fingerprint density at radius 3 is 2.80 bits per heavy atom. The van der Waals surface area contributed by atoms with Crippen molar-refractivity contribution < 1.29 is 4.74 Å². The van der Waals surface area contributed by atoms with Crippen molar-refractivity contribution in [3.8, 4) is 11.9 Å². The van der Waals surface area contributed by atoms with Gasteiger partial charge in [-0.05, 0) is 33.2 Å². The zero-order valence-corrected chi connectivity index (χ0v) is 9.32. The molecular weight excluding hydrogens is 190 g/mol. The Labute approximate surface area is 90.1 Å². The predicted octanol–water partition coefficient (Wildman–Crippen LogP) is 1.20. The van der Waals surface area contributed by atoms with Crippen LogP contribution >= 0.6 is 0 Å². The first-order valence-electron chi connectivity index (χ1n) is 4.78. The van der Waals surface area contributed by atoms with Gasteiger partial charge in [0.15, 0.2) is 0 Å². The van der Waals surface area contributed by atoms with Gasteiger partial charge in [-0.25, -0.2) is 4.98 Å². The lowest BCUT2D eigenvalue weighted by molar-refractivity contribution is 0.253. The molecule has 0 aliphatic heterocycles. The highest BCUT2D eigenvalue weighted by atomic mass is 16.5. The van der Waals surface area contributed by atoms with E-state index >= 15 is 0 Å². The summed E-state index contributed by atoms with van der Waals surface area (Å²) in [7, 11) is 3.94. The summed E-state index contributed by atoms with van der Waals surface area (Å²) >= 11 is 0. The number of rotatable bonds is 4. The van der Waals surface area contributed by atoms with E-state index in [4.69, 9.17) is 10.00 Å². The molecular formula is C11H15N3O. The second-order valence-corrected chi connectivity index (χ2v) is 3.57. The maximum atomic E-state index is 8.84. The van der Waals surface area contributed by atoms with Gasteiger partial charge in [0.25, 0.3) is 0 Å². The molecule has 1 aromatic rings. The van der Waals surface area contributed by atoms with E-state index in [0.29, 0.717) is 18.1 Å². The molecule has 0 saturated heterocycles. The summed E-state index contributed by atoms with van der Waals surface area (Å²) in [5, 5.41) is 8.84. The number of ether oxygens (including phenoxy) is 1. The molecule has 1 rings (SSSR count). The molecule has 1 heterocycles.